The minimum Gasteiger partial charge on any atom is -0.330 e. The smallest absolute Gasteiger partial charge is 0.234 e. The van der Waals surface area contributed by atoms with Crippen LogP contribution in [0.2, 0.25) is 0 Å². The lowest BCUT2D eigenvalue weighted by atomic mass is 10.0. The molecule has 0 saturated carbocycles. The molecule has 5 nitrogen and oxygen atoms in total. The van der Waals surface area contributed by atoms with Gasteiger partial charge in [-0.1, -0.05) is 89.8 Å². The summed E-state index contributed by atoms with van der Waals surface area (Å²) in [5.74, 6) is 0.215. The van der Waals surface area contributed by atoms with Gasteiger partial charge in [0.1, 0.15) is 0 Å². The van der Waals surface area contributed by atoms with Gasteiger partial charge in [0.2, 0.25) is 11.0 Å². The monoisotopic (exact) mass is 446 g/mol. The van der Waals surface area contributed by atoms with Gasteiger partial charge >= 0.3 is 0 Å². The van der Waals surface area contributed by atoms with Crippen molar-refractivity contribution >= 4 is 45.5 Å². The molecule has 0 aliphatic carbocycles. The van der Waals surface area contributed by atoms with Gasteiger partial charge in [0, 0.05) is 11.4 Å². The first-order valence-corrected chi connectivity index (χ1v) is 11.7. The molecule has 0 bridgehead atoms. The minimum absolute atomic E-state index is 0.0610. The average molecular weight is 447 g/mol. The summed E-state index contributed by atoms with van der Waals surface area (Å²) in [6, 6.07) is 26.2. The van der Waals surface area contributed by atoms with Gasteiger partial charge in [-0.3, -0.25) is 4.79 Å². The van der Waals surface area contributed by atoms with Crippen LogP contribution in [-0.4, -0.2) is 21.9 Å². The normalized spacial score (nSPS) is 10.6. The van der Waals surface area contributed by atoms with Crippen molar-refractivity contribution in [2.75, 3.05) is 16.4 Å². The second kappa shape index (κ2) is 10.2. The zero-order chi connectivity index (χ0) is 21.5. The number of hydrogen-bond donors (Lipinski definition) is 2. The highest BCUT2D eigenvalue weighted by Gasteiger charge is 2.11. The molecule has 1 heterocycles. The zero-order valence-electron chi connectivity index (χ0n) is 17.0. The van der Waals surface area contributed by atoms with Crippen molar-refractivity contribution in [3.8, 4) is 0 Å². The molecule has 3 aromatic carbocycles. The van der Waals surface area contributed by atoms with Crippen LogP contribution in [0, 0.1) is 6.92 Å². The molecule has 4 aromatic rings. The number of rotatable bonds is 8. The van der Waals surface area contributed by atoms with Crippen LogP contribution in [0.5, 0.6) is 0 Å². The number of aryl methyl sites for hydroxylation is 1. The molecule has 0 spiro atoms. The lowest BCUT2D eigenvalue weighted by Crippen LogP contribution is -2.15. The summed E-state index contributed by atoms with van der Waals surface area (Å²) in [7, 11) is 0. The van der Waals surface area contributed by atoms with Gasteiger partial charge in [-0.2, -0.15) is 0 Å². The SMILES string of the molecule is Cc1ccccc1Nc1nnc(SCC(=O)Nc2ccccc2Cc2ccccc2)s1. The zero-order valence-corrected chi connectivity index (χ0v) is 18.7. The third kappa shape index (κ3) is 5.93. The molecular formula is C24H22N4OS2. The van der Waals surface area contributed by atoms with Crippen LogP contribution in [0.3, 0.4) is 0 Å². The van der Waals surface area contributed by atoms with Crippen molar-refractivity contribution in [1.29, 1.82) is 0 Å². The highest BCUT2D eigenvalue weighted by atomic mass is 32.2. The van der Waals surface area contributed by atoms with E-state index in [1.807, 2.05) is 73.7 Å². The van der Waals surface area contributed by atoms with E-state index < -0.39 is 0 Å². The molecule has 31 heavy (non-hydrogen) atoms. The fourth-order valence-corrected chi connectivity index (χ4v) is 4.64. The first-order valence-electron chi connectivity index (χ1n) is 9.88. The van der Waals surface area contributed by atoms with E-state index in [1.165, 1.54) is 28.7 Å². The maximum Gasteiger partial charge on any atom is 0.234 e. The van der Waals surface area contributed by atoms with Crippen LogP contribution in [0.15, 0.2) is 83.2 Å². The van der Waals surface area contributed by atoms with Gasteiger partial charge in [0.05, 0.1) is 5.75 Å². The predicted octanol–water partition coefficient (Wildman–Crippen LogP) is 5.91. The Hall–Kier alpha value is -3.16. The summed E-state index contributed by atoms with van der Waals surface area (Å²) in [6.07, 6.45) is 0.773. The summed E-state index contributed by atoms with van der Waals surface area (Å²) in [6.45, 7) is 2.04. The van der Waals surface area contributed by atoms with Crippen LogP contribution in [-0.2, 0) is 11.2 Å². The van der Waals surface area contributed by atoms with Gasteiger partial charge in [-0.05, 0) is 42.2 Å². The summed E-state index contributed by atoms with van der Waals surface area (Å²) < 4.78 is 0.754. The number of aromatic nitrogens is 2. The van der Waals surface area contributed by atoms with Crippen LogP contribution in [0.25, 0.3) is 0 Å². The Balaban J connectivity index is 1.33. The molecule has 7 heteroatoms. The Kier molecular flexibility index (Phi) is 6.96. The van der Waals surface area contributed by atoms with Crippen molar-refractivity contribution < 1.29 is 4.79 Å². The van der Waals surface area contributed by atoms with E-state index >= 15 is 0 Å². The van der Waals surface area contributed by atoms with E-state index in [1.54, 1.807) is 0 Å². The van der Waals surface area contributed by atoms with Crippen LogP contribution < -0.4 is 10.6 Å². The number of carbonyl (C=O) groups is 1. The van der Waals surface area contributed by atoms with Crippen LogP contribution in [0.4, 0.5) is 16.5 Å². The van der Waals surface area contributed by atoms with Gasteiger partial charge < -0.3 is 10.6 Å². The number of nitrogens with one attached hydrogen (secondary N) is 2. The quantitative estimate of drug-likeness (QED) is 0.329. The highest BCUT2D eigenvalue weighted by molar-refractivity contribution is 8.01. The van der Waals surface area contributed by atoms with Gasteiger partial charge in [0.15, 0.2) is 4.34 Å². The molecule has 2 N–H and O–H groups in total. The van der Waals surface area contributed by atoms with Gasteiger partial charge in [-0.25, -0.2) is 0 Å². The van der Waals surface area contributed by atoms with E-state index in [9.17, 15) is 4.79 Å². The Morgan fingerprint density at radius 2 is 1.61 bits per heavy atom. The Morgan fingerprint density at radius 1 is 0.903 bits per heavy atom. The maximum absolute atomic E-state index is 12.5. The number of amides is 1. The first kappa shape index (κ1) is 21.1. The second-order valence-corrected chi connectivity index (χ2v) is 9.17. The molecule has 0 radical (unpaired) electrons. The maximum atomic E-state index is 12.5. The molecular weight excluding hydrogens is 424 g/mol. The van der Waals surface area contributed by atoms with Crippen molar-refractivity contribution in [3.63, 3.8) is 0 Å². The van der Waals surface area contributed by atoms with Crippen LogP contribution in [0.1, 0.15) is 16.7 Å². The number of benzene rings is 3. The minimum atomic E-state index is -0.0610. The fourth-order valence-electron chi connectivity index (χ4n) is 3.07. The summed E-state index contributed by atoms with van der Waals surface area (Å²) in [4.78, 5) is 12.5. The molecule has 0 unspecified atom stereocenters. The highest BCUT2D eigenvalue weighted by Crippen LogP contribution is 2.29. The lowest BCUT2D eigenvalue weighted by molar-refractivity contribution is -0.113. The molecule has 0 atom stereocenters. The molecule has 4 rings (SSSR count). The molecule has 1 aromatic heterocycles. The number of hydrogen-bond acceptors (Lipinski definition) is 6. The van der Waals surface area contributed by atoms with Crippen molar-refractivity contribution in [2.24, 2.45) is 0 Å². The summed E-state index contributed by atoms with van der Waals surface area (Å²) in [5, 5.41) is 15.4. The largest absolute Gasteiger partial charge is 0.330 e. The number of thioether (sulfide) groups is 1. The molecule has 0 aliphatic rings. The molecule has 1 amide bonds. The topological polar surface area (TPSA) is 66.9 Å². The number of para-hydroxylation sites is 2. The Morgan fingerprint density at radius 3 is 2.42 bits per heavy atom. The van der Waals surface area contributed by atoms with E-state index in [0.29, 0.717) is 5.13 Å². The Labute approximate surface area is 189 Å². The van der Waals surface area contributed by atoms with Crippen molar-refractivity contribution in [3.05, 3.63) is 95.6 Å². The van der Waals surface area contributed by atoms with Crippen molar-refractivity contribution in [2.45, 2.75) is 17.7 Å². The average Bonchev–Trinajstić information content (AvgIpc) is 3.23. The number of carbonyl (C=O) groups excluding carboxylic acids is 1. The molecule has 0 fully saturated rings. The third-order valence-electron chi connectivity index (χ3n) is 4.65. The molecule has 156 valence electrons. The predicted molar refractivity (Wildman–Crippen MR) is 129 cm³/mol. The third-order valence-corrected chi connectivity index (χ3v) is 6.62. The van der Waals surface area contributed by atoms with Gasteiger partial charge in [0.25, 0.3) is 0 Å². The van der Waals surface area contributed by atoms with Crippen molar-refractivity contribution in [1.82, 2.24) is 10.2 Å². The lowest BCUT2D eigenvalue weighted by Gasteiger charge is -2.11. The fraction of sp³-hybridized carbons (Fsp3) is 0.125. The Bertz CT molecular complexity index is 1160. The second-order valence-electron chi connectivity index (χ2n) is 6.97. The number of nitrogens with zero attached hydrogens (tertiary/aromatic N) is 2. The van der Waals surface area contributed by atoms with E-state index in [-0.39, 0.29) is 11.7 Å². The molecule has 0 saturated heterocycles. The van der Waals surface area contributed by atoms with E-state index in [0.717, 1.165) is 33.3 Å². The van der Waals surface area contributed by atoms with Crippen LogP contribution >= 0.6 is 23.1 Å². The van der Waals surface area contributed by atoms with E-state index in [2.05, 4.69) is 33.0 Å². The number of anilines is 3. The van der Waals surface area contributed by atoms with E-state index in [4.69, 9.17) is 0 Å². The molecule has 0 aliphatic heterocycles. The first-order chi connectivity index (χ1) is 15.2. The summed E-state index contributed by atoms with van der Waals surface area (Å²) in [5.41, 5.74) is 5.29. The summed E-state index contributed by atoms with van der Waals surface area (Å²) >= 11 is 2.83. The van der Waals surface area contributed by atoms with Gasteiger partial charge in [-0.15, -0.1) is 10.2 Å². The standard InChI is InChI=1S/C24H22N4OS2/c1-17-9-5-7-13-20(17)26-23-27-28-24(31-23)30-16-22(29)25-21-14-8-6-12-19(21)15-18-10-3-2-4-11-18/h2-14H,15-16H2,1H3,(H,25,29)(H,26,27).